The Morgan fingerprint density at radius 3 is 2.36 bits per heavy atom. The largest absolute Gasteiger partial charge is 0.491 e. The molecule has 3 amide bonds. The number of ether oxygens (including phenoxy) is 3. The first-order valence-corrected chi connectivity index (χ1v) is 26.2. The Kier molecular flexibility index (Phi) is 17.6. The Morgan fingerprint density at radius 2 is 1.61 bits per heavy atom. The minimum absolute atomic E-state index is 0.0964. The van der Waals surface area contributed by atoms with Crippen molar-refractivity contribution in [2.24, 2.45) is 16.8 Å². The normalized spacial score (nSPS) is 20.3. The van der Waals surface area contributed by atoms with Gasteiger partial charge >= 0.3 is 0 Å². The highest BCUT2D eigenvalue weighted by molar-refractivity contribution is 7.15. The van der Waals surface area contributed by atoms with Gasteiger partial charge in [0.2, 0.25) is 17.7 Å². The van der Waals surface area contributed by atoms with Crippen LogP contribution in [0.2, 0.25) is 5.02 Å². The van der Waals surface area contributed by atoms with Gasteiger partial charge in [0.25, 0.3) is 0 Å². The Morgan fingerprint density at radius 1 is 0.884 bits per heavy atom. The number of nitrogens with zero attached hydrogens (tertiary/aromatic N) is 6. The predicted molar refractivity (Wildman–Crippen MR) is 270 cm³/mol. The van der Waals surface area contributed by atoms with Crippen molar-refractivity contribution in [3.05, 3.63) is 92.3 Å². The molecule has 2 unspecified atom stereocenters. The number of thiophene rings is 1. The molecule has 69 heavy (non-hydrogen) atoms. The molecule has 2 saturated heterocycles. The number of carbonyl (C=O) groups is 3. The van der Waals surface area contributed by atoms with Crippen LogP contribution in [0.1, 0.15) is 103 Å². The first-order chi connectivity index (χ1) is 33.5. The molecular formula is C52H70ClN9O6S. The standard InChI is InChI=1S/C52H70ClN9O6S/c1-33-35(3)69-52-46(33)47(40-13-15-41(53)16-14-40)56-43(49-59-58-36(4)62(49)52)31-45(63)55-22-26-66-27-28-67-29-30-68-42-17-11-37(12-18-42)19-23-60-24-20-38-21-25-61(44(38)32-60)51(65)48(39-9-7-6-8-10-39)57-50(64)34(2)54-5/h11-18,34,38-39,43-44,48,54H,6-10,19-32H2,1-5H3,(H,55,63)(H,57,64)/t34-,38?,43-,44?,48-/m0/s1. The highest BCUT2D eigenvalue weighted by Gasteiger charge is 2.44. The molecule has 5 heterocycles. The van der Waals surface area contributed by atoms with Crippen LogP contribution in [0.25, 0.3) is 5.00 Å². The highest BCUT2D eigenvalue weighted by Crippen LogP contribution is 2.40. The Labute approximate surface area is 416 Å². The van der Waals surface area contributed by atoms with Crippen molar-refractivity contribution in [3.8, 4) is 10.8 Å². The van der Waals surface area contributed by atoms with E-state index >= 15 is 0 Å². The Bertz CT molecular complexity index is 2400. The lowest BCUT2D eigenvalue weighted by Gasteiger charge is -2.41. The zero-order valence-electron chi connectivity index (χ0n) is 40.9. The predicted octanol–water partition coefficient (Wildman–Crippen LogP) is 6.56. The second-order valence-corrected chi connectivity index (χ2v) is 20.7. The molecule has 1 saturated carbocycles. The number of fused-ring (bicyclic) bond motifs is 4. The van der Waals surface area contributed by atoms with Crippen molar-refractivity contribution in [3.63, 3.8) is 0 Å². The summed E-state index contributed by atoms with van der Waals surface area (Å²) in [5, 5.41) is 19.7. The third-order valence-electron chi connectivity index (χ3n) is 14.6. The van der Waals surface area contributed by atoms with Gasteiger partial charge in [0.1, 0.15) is 35.3 Å². The topological polar surface area (TPSA) is 165 Å². The lowest BCUT2D eigenvalue weighted by molar-refractivity contribution is -0.140. The number of hydrogen-bond donors (Lipinski definition) is 3. The average Bonchev–Trinajstić information content (AvgIpc) is 4.03. The summed E-state index contributed by atoms with van der Waals surface area (Å²) in [5.74, 6) is 2.78. The minimum Gasteiger partial charge on any atom is -0.491 e. The van der Waals surface area contributed by atoms with Gasteiger partial charge in [0.05, 0.1) is 44.6 Å². The van der Waals surface area contributed by atoms with E-state index in [2.05, 4.69) is 61.9 Å². The smallest absolute Gasteiger partial charge is 0.245 e. The average molecular weight is 985 g/mol. The summed E-state index contributed by atoms with van der Waals surface area (Å²) in [6, 6.07) is 14.8. The van der Waals surface area contributed by atoms with Crippen molar-refractivity contribution < 1.29 is 28.6 Å². The van der Waals surface area contributed by atoms with Crippen LogP contribution >= 0.6 is 22.9 Å². The van der Waals surface area contributed by atoms with Crippen molar-refractivity contribution in [1.29, 1.82) is 0 Å². The summed E-state index contributed by atoms with van der Waals surface area (Å²) in [4.78, 5) is 51.5. The maximum atomic E-state index is 14.2. The van der Waals surface area contributed by atoms with Crippen LogP contribution in [0.5, 0.6) is 5.75 Å². The second-order valence-electron chi connectivity index (χ2n) is 19.1. The molecule has 5 atom stereocenters. The second kappa shape index (κ2) is 23.9. The van der Waals surface area contributed by atoms with Crippen molar-refractivity contribution >= 4 is 46.4 Å². The number of halogens is 1. The molecule has 3 N–H and O–H groups in total. The molecule has 2 aromatic heterocycles. The number of likely N-dealkylation sites (tertiary alicyclic amines) is 2. The highest BCUT2D eigenvalue weighted by atomic mass is 35.5. The number of rotatable bonds is 21. The van der Waals surface area contributed by atoms with Gasteiger partial charge in [-0.25, -0.2) is 0 Å². The number of likely N-dealkylation sites (N-methyl/N-ethyl adjacent to an activating group) is 1. The molecule has 0 bridgehead atoms. The third kappa shape index (κ3) is 12.4. The van der Waals surface area contributed by atoms with Crippen LogP contribution in [0.4, 0.5) is 0 Å². The molecule has 1 aliphatic carbocycles. The van der Waals surface area contributed by atoms with E-state index in [0.29, 0.717) is 56.3 Å². The molecule has 4 aromatic rings. The van der Waals surface area contributed by atoms with Crippen LogP contribution in [-0.2, 0) is 30.3 Å². The lowest BCUT2D eigenvalue weighted by atomic mass is 9.83. The van der Waals surface area contributed by atoms with Gasteiger partial charge in [0, 0.05) is 53.2 Å². The van der Waals surface area contributed by atoms with Gasteiger partial charge in [-0.2, -0.15) is 0 Å². The van der Waals surface area contributed by atoms with Crippen LogP contribution in [0.3, 0.4) is 0 Å². The molecular weight excluding hydrogens is 914 g/mol. The number of carbonyl (C=O) groups excluding carboxylic acids is 3. The first kappa shape index (κ1) is 50.7. The molecule has 372 valence electrons. The molecule has 3 aliphatic heterocycles. The maximum Gasteiger partial charge on any atom is 0.245 e. The number of aliphatic imine (C=N–C) groups is 1. The summed E-state index contributed by atoms with van der Waals surface area (Å²) in [6.45, 7) is 14.0. The monoisotopic (exact) mass is 983 g/mol. The van der Waals surface area contributed by atoms with Gasteiger partial charge in [-0.3, -0.25) is 23.9 Å². The molecule has 15 nitrogen and oxygen atoms in total. The quantitative estimate of drug-likeness (QED) is 0.0780. The Hall–Kier alpha value is -4.71. The van der Waals surface area contributed by atoms with E-state index in [1.807, 2.05) is 54.8 Å². The van der Waals surface area contributed by atoms with Gasteiger partial charge in [-0.1, -0.05) is 55.1 Å². The van der Waals surface area contributed by atoms with Crippen LogP contribution in [0.15, 0.2) is 53.5 Å². The number of piperidine rings is 1. The number of hydrogen-bond acceptors (Lipinski definition) is 12. The number of amides is 3. The van der Waals surface area contributed by atoms with Crippen LogP contribution < -0.4 is 20.7 Å². The van der Waals surface area contributed by atoms with Crippen molar-refractivity contribution in [2.45, 2.75) is 110 Å². The molecule has 0 spiro atoms. The van der Waals surface area contributed by atoms with E-state index in [1.165, 1.54) is 16.9 Å². The van der Waals surface area contributed by atoms with Crippen molar-refractivity contribution in [2.75, 3.05) is 72.8 Å². The van der Waals surface area contributed by atoms with Gasteiger partial charge in [-0.15, -0.1) is 21.5 Å². The number of benzene rings is 2. The molecule has 4 aliphatic rings. The van der Waals surface area contributed by atoms with E-state index < -0.39 is 12.1 Å². The zero-order chi connectivity index (χ0) is 48.4. The summed E-state index contributed by atoms with van der Waals surface area (Å²) in [7, 11) is 1.78. The number of aromatic nitrogens is 3. The number of nitrogens with one attached hydrogen (secondary N) is 3. The van der Waals surface area contributed by atoms with E-state index in [9.17, 15) is 14.4 Å². The van der Waals surface area contributed by atoms with E-state index in [-0.39, 0.29) is 42.1 Å². The maximum absolute atomic E-state index is 14.2. The fourth-order valence-corrected chi connectivity index (χ4v) is 11.7. The van der Waals surface area contributed by atoms with Gasteiger partial charge < -0.3 is 40.0 Å². The van der Waals surface area contributed by atoms with E-state index in [1.54, 1.807) is 18.4 Å². The third-order valence-corrected chi connectivity index (χ3v) is 16.0. The summed E-state index contributed by atoms with van der Waals surface area (Å²) >= 11 is 7.92. The van der Waals surface area contributed by atoms with Gasteiger partial charge in [-0.05, 0) is 121 Å². The van der Waals surface area contributed by atoms with E-state index in [4.69, 9.17) is 30.8 Å². The summed E-state index contributed by atoms with van der Waals surface area (Å²) in [6.07, 6.45) is 8.60. The fraction of sp³-hybridized carbons (Fsp3) is 0.577. The SMILES string of the molecule is CN[C@@H](C)C(=O)N[C@H](C(=O)N1CCC2CCN(CCc3ccc(OCCOCCOCCNC(=O)C[C@@H]4N=C(c5ccc(Cl)cc5)c5c(sc(C)c5C)-n5c(C)nnc54)cc3)CC21)C1CCCCC1. The fourth-order valence-electron chi connectivity index (χ4n) is 10.3. The Balaban J connectivity index is 0.715. The van der Waals surface area contributed by atoms with E-state index in [0.717, 1.165) is 110 Å². The minimum atomic E-state index is -0.538. The summed E-state index contributed by atoms with van der Waals surface area (Å²) < 4.78 is 19.5. The zero-order valence-corrected chi connectivity index (χ0v) is 42.5. The first-order valence-electron chi connectivity index (χ1n) is 25.0. The lowest BCUT2D eigenvalue weighted by Crippen LogP contribution is -2.58. The summed E-state index contributed by atoms with van der Waals surface area (Å²) in [5.41, 5.74) is 5.15. The molecule has 0 radical (unpaired) electrons. The molecule has 17 heteroatoms. The molecule has 8 rings (SSSR count). The number of aryl methyl sites for hydroxylation is 2. The van der Waals surface area contributed by atoms with Crippen LogP contribution in [0, 0.1) is 32.6 Å². The van der Waals surface area contributed by atoms with Gasteiger partial charge in [0.15, 0.2) is 5.82 Å². The van der Waals surface area contributed by atoms with Crippen LogP contribution in [-0.4, -0.2) is 139 Å². The molecule has 3 fully saturated rings. The van der Waals surface area contributed by atoms with Crippen molar-refractivity contribution in [1.82, 2.24) is 40.5 Å². The molecule has 2 aromatic carbocycles.